The highest BCUT2D eigenvalue weighted by atomic mass is 16.5. The molecule has 0 radical (unpaired) electrons. The van der Waals surface area contributed by atoms with Crippen molar-refractivity contribution in [3.05, 3.63) is 29.6 Å². The van der Waals surface area contributed by atoms with Crippen molar-refractivity contribution in [2.45, 2.75) is 26.3 Å². The Bertz CT molecular complexity index is 339. The number of nitrogens with two attached hydrogens (primary N) is 1. The first kappa shape index (κ1) is 11.7. The van der Waals surface area contributed by atoms with Gasteiger partial charge in [0.2, 0.25) is 0 Å². The Hall–Kier alpha value is -1.42. The molecule has 0 bridgehead atoms. The van der Waals surface area contributed by atoms with Crippen LogP contribution in [0, 0.1) is 6.92 Å². The van der Waals surface area contributed by atoms with Crippen LogP contribution >= 0.6 is 0 Å². The van der Waals surface area contributed by atoms with Crippen LogP contribution in [-0.2, 0) is 9.53 Å². The summed E-state index contributed by atoms with van der Waals surface area (Å²) in [5.74, 6) is -0.264. The Labute approximate surface area is 89.5 Å². The topological polar surface area (TPSA) is 65.2 Å². The number of carbonyl (C=O) groups excluding carboxylic acids is 1. The molecular weight excluding hydrogens is 192 g/mol. The molecule has 1 aromatic rings. The van der Waals surface area contributed by atoms with Gasteiger partial charge in [0.25, 0.3) is 0 Å². The van der Waals surface area contributed by atoms with Gasteiger partial charge in [-0.15, -0.1) is 0 Å². The Balaban J connectivity index is 2.60. The number of aromatic nitrogens is 1. The molecule has 0 amide bonds. The lowest BCUT2D eigenvalue weighted by molar-refractivity contribution is -0.143. The van der Waals surface area contributed by atoms with Crippen molar-refractivity contribution in [2.24, 2.45) is 5.73 Å². The maximum absolute atomic E-state index is 11.2. The third-order valence-electron chi connectivity index (χ3n) is 2.04. The molecule has 1 aromatic heterocycles. The van der Waals surface area contributed by atoms with Gasteiger partial charge in [0.15, 0.2) is 0 Å². The average molecular weight is 208 g/mol. The lowest BCUT2D eigenvalue weighted by Crippen LogP contribution is -2.17. The second-order valence-corrected chi connectivity index (χ2v) is 3.35. The van der Waals surface area contributed by atoms with E-state index in [4.69, 9.17) is 10.5 Å². The number of nitrogens with zero attached hydrogens (tertiary/aromatic N) is 1. The standard InChI is InChI=1S/C11H16N2O2/c1-3-15-11(14)7-10(12)9-4-5-13-8(2)6-9/h4-6,10H,3,7,12H2,1-2H3/t10-/m1/s1. The summed E-state index contributed by atoms with van der Waals surface area (Å²) in [7, 11) is 0. The van der Waals surface area contributed by atoms with E-state index in [0.717, 1.165) is 11.3 Å². The summed E-state index contributed by atoms with van der Waals surface area (Å²) in [5, 5.41) is 0. The predicted molar refractivity (Wildman–Crippen MR) is 57.2 cm³/mol. The minimum absolute atomic E-state index is 0.206. The van der Waals surface area contributed by atoms with Crippen molar-refractivity contribution < 1.29 is 9.53 Å². The molecule has 0 spiro atoms. The number of pyridine rings is 1. The highest BCUT2D eigenvalue weighted by Gasteiger charge is 2.12. The number of hydrogen-bond acceptors (Lipinski definition) is 4. The number of hydrogen-bond donors (Lipinski definition) is 1. The van der Waals surface area contributed by atoms with Gasteiger partial charge in [0, 0.05) is 17.9 Å². The largest absolute Gasteiger partial charge is 0.466 e. The molecule has 1 atom stereocenters. The fraction of sp³-hybridized carbons (Fsp3) is 0.455. The van der Waals surface area contributed by atoms with Gasteiger partial charge in [-0.25, -0.2) is 0 Å². The molecule has 82 valence electrons. The molecule has 0 aliphatic heterocycles. The zero-order valence-electron chi connectivity index (χ0n) is 9.06. The van der Waals surface area contributed by atoms with Crippen molar-refractivity contribution >= 4 is 5.97 Å². The number of aryl methyl sites for hydroxylation is 1. The molecular formula is C11H16N2O2. The molecule has 1 heterocycles. The Morgan fingerprint density at radius 2 is 2.40 bits per heavy atom. The van der Waals surface area contributed by atoms with Crippen LogP contribution in [0.5, 0.6) is 0 Å². The predicted octanol–water partition coefficient (Wildman–Crippen LogP) is 1.34. The van der Waals surface area contributed by atoms with Gasteiger partial charge in [-0.3, -0.25) is 9.78 Å². The minimum atomic E-state index is -0.314. The third kappa shape index (κ3) is 3.67. The van der Waals surface area contributed by atoms with Crippen LogP contribution < -0.4 is 5.73 Å². The normalized spacial score (nSPS) is 12.2. The summed E-state index contributed by atoms with van der Waals surface area (Å²) < 4.78 is 4.83. The van der Waals surface area contributed by atoms with Crippen LogP contribution in [0.3, 0.4) is 0 Å². The summed E-state index contributed by atoms with van der Waals surface area (Å²) in [6, 6.07) is 3.38. The molecule has 0 aliphatic carbocycles. The zero-order chi connectivity index (χ0) is 11.3. The van der Waals surface area contributed by atoms with Gasteiger partial charge >= 0.3 is 5.97 Å². The Morgan fingerprint density at radius 3 is 3.00 bits per heavy atom. The van der Waals surface area contributed by atoms with E-state index in [-0.39, 0.29) is 18.4 Å². The quantitative estimate of drug-likeness (QED) is 0.758. The monoisotopic (exact) mass is 208 g/mol. The van der Waals surface area contributed by atoms with Crippen LogP contribution in [-0.4, -0.2) is 17.6 Å². The van der Waals surface area contributed by atoms with Crippen molar-refractivity contribution in [3.63, 3.8) is 0 Å². The number of esters is 1. The van der Waals surface area contributed by atoms with Gasteiger partial charge in [-0.05, 0) is 31.5 Å². The fourth-order valence-corrected chi connectivity index (χ4v) is 1.32. The molecule has 0 aromatic carbocycles. The van der Waals surface area contributed by atoms with E-state index in [1.54, 1.807) is 13.1 Å². The molecule has 0 saturated heterocycles. The molecule has 0 aliphatic rings. The van der Waals surface area contributed by atoms with Gasteiger partial charge in [0.05, 0.1) is 13.0 Å². The molecule has 0 unspecified atom stereocenters. The van der Waals surface area contributed by atoms with Crippen molar-refractivity contribution in [1.29, 1.82) is 0 Å². The van der Waals surface area contributed by atoms with E-state index >= 15 is 0 Å². The van der Waals surface area contributed by atoms with Gasteiger partial charge in [0.1, 0.15) is 0 Å². The molecule has 4 heteroatoms. The summed E-state index contributed by atoms with van der Waals surface area (Å²) >= 11 is 0. The number of carbonyl (C=O) groups is 1. The summed E-state index contributed by atoms with van der Waals surface area (Å²) in [6.45, 7) is 4.06. The summed E-state index contributed by atoms with van der Waals surface area (Å²) in [6.07, 6.45) is 1.90. The third-order valence-corrected chi connectivity index (χ3v) is 2.04. The molecule has 2 N–H and O–H groups in total. The van der Waals surface area contributed by atoms with Crippen molar-refractivity contribution in [3.8, 4) is 0 Å². The van der Waals surface area contributed by atoms with Gasteiger partial charge in [-0.1, -0.05) is 0 Å². The van der Waals surface area contributed by atoms with Gasteiger partial charge < -0.3 is 10.5 Å². The van der Waals surface area contributed by atoms with Crippen LogP contribution in [0.1, 0.15) is 30.6 Å². The van der Waals surface area contributed by atoms with E-state index in [9.17, 15) is 4.79 Å². The lowest BCUT2D eigenvalue weighted by Gasteiger charge is -2.11. The first-order valence-electron chi connectivity index (χ1n) is 4.97. The zero-order valence-corrected chi connectivity index (χ0v) is 9.06. The van der Waals surface area contributed by atoms with Crippen LogP contribution in [0.4, 0.5) is 0 Å². The SMILES string of the molecule is CCOC(=O)C[C@@H](N)c1ccnc(C)c1. The van der Waals surface area contributed by atoms with Crippen LogP contribution in [0.2, 0.25) is 0 Å². The van der Waals surface area contributed by atoms with Crippen molar-refractivity contribution in [1.82, 2.24) is 4.98 Å². The Morgan fingerprint density at radius 1 is 1.67 bits per heavy atom. The molecule has 1 rings (SSSR count). The molecule has 0 fully saturated rings. The second kappa shape index (κ2) is 5.46. The fourth-order valence-electron chi connectivity index (χ4n) is 1.32. The first-order valence-corrected chi connectivity index (χ1v) is 4.97. The minimum Gasteiger partial charge on any atom is -0.466 e. The van der Waals surface area contributed by atoms with Crippen LogP contribution in [0.25, 0.3) is 0 Å². The maximum atomic E-state index is 11.2. The van der Waals surface area contributed by atoms with Gasteiger partial charge in [-0.2, -0.15) is 0 Å². The lowest BCUT2D eigenvalue weighted by atomic mass is 10.1. The molecule has 4 nitrogen and oxygen atoms in total. The van der Waals surface area contributed by atoms with Crippen molar-refractivity contribution in [2.75, 3.05) is 6.61 Å². The molecule has 15 heavy (non-hydrogen) atoms. The molecule has 0 saturated carbocycles. The van der Waals surface area contributed by atoms with E-state index in [0.29, 0.717) is 6.61 Å². The second-order valence-electron chi connectivity index (χ2n) is 3.35. The number of ether oxygens (including phenoxy) is 1. The smallest absolute Gasteiger partial charge is 0.307 e. The first-order chi connectivity index (χ1) is 7.13. The van der Waals surface area contributed by atoms with E-state index in [2.05, 4.69) is 4.98 Å². The van der Waals surface area contributed by atoms with Crippen LogP contribution in [0.15, 0.2) is 18.3 Å². The maximum Gasteiger partial charge on any atom is 0.307 e. The summed E-state index contributed by atoms with van der Waals surface area (Å²) in [5.41, 5.74) is 7.67. The number of rotatable bonds is 4. The van der Waals surface area contributed by atoms with E-state index < -0.39 is 0 Å². The highest BCUT2D eigenvalue weighted by molar-refractivity contribution is 5.70. The summed E-state index contributed by atoms with van der Waals surface area (Å²) in [4.78, 5) is 15.3. The average Bonchev–Trinajstić information content (AvgIpc) is 2.18. The highest BCUT2D eigenvalue weighted by Crippen LogP contribution is 2.14. The van der Waals surface area contributed by atoms with E-state index in [1.165, 1.54) is 0 Å². The Kier molecular flexibility index (Phi) is 4.24. The van der Waals surface area contributed by atoms with E-state index in [1.807, 2.05) is 19.1 Å².